The van der Waals surface area contributed by atoms with Crippen LogP contribution in [0.1, 0.15) is 6.92 Å². The molecule has 1 rings (SSSR count). The molecule has 1 N–H and O–H groups in total. The minimum atomic E-state index is -3.66. The van der Waals surface area contributed by atoms with E-state index in [0.717, 1.165) is 16.6 Å². The van der Waals surface area contributed by atoms with Gasteiger partial charge >= 0.3 is 0 Å². The third kappa shape index (κ3) is 3.55. The van der Waals surface area contributed by atoms with Crippen LogP contribution in [0.5, 0.6) is 0 Å². The SMILES string of the molecule is CCOCCN(C)S(=O)(=O)c1c[nH]c(=O)c(Cl)c1. The van der Waals surface area contributed by atoms with Gasteiger partial charge in [-0.15, -0.1) is 0 Å². The summed E-state index contributed by atoms with van der Waals surface area (Å²) in [6.07, 6.45) is 1.13. The van der Waals surface area contributed by atoms with Gasteiger partial charge in [0.15, 0.2) is 0 Å². The van der Waals surface area contributed by atoms with E-state index in [1.165, 1.54) is 7.05 Å². The summed E-state index contributed by atoms with van der Waals surface area (Å²) < 4.78 is 30.4. The van der Waals surface area contributed by atoms with Crippen molar-refractivity contribution in [2.75, 3.05) is 26.8 Å². The number of ether oxygens (including phenoxy) is 1. The number of halogens is 1. The lowest BCUT2D eigenvalue weighted by atomic mass is 10.5. The summed E-state index contributed by atoms with van der Waals surface area (Å²) in [6, 6.07) is 1.13. The van der Waals surface area contributed by atoms with E-state index in [0.29, 0.717) is 13.2 Å². The first-order valence-corrected chi connectivity index (χ1v) is 7.13. The summed E-state index contributed by atoms with van der Waals surface area (Å²) in [4.78, 5) is 13.3. The van der Waals surface area contributed by atoms with E-state index < -0.39 is 15.6 Å². The van der Waals surface area contributed by atoms with Crippen molar-refractivity contribution >= 4 is 21.6 Å². The number of pyridine rings is 1. The molecule has 0 atom stereocenters. The van der Waals surface area contributed by atoms with Gasteiger partial charge in [0.2, 0.25) is 10.0 Å². The standard InChI is InChI=1S/C10H15ClN2O4S/c1-3-17-5-4-13(2)18(15,16)8-6-9(11)10(14)12-7-8/h6-7H,3-5H2,1-2H3,(H,12,14). The first-order valence-electron chi connectivity index (χ1n) is 5.32. The molecule has 0 saturated heterocycles. The molecule has 1 heterocycles. The van der Waals surface area contributed by atoms with E-state index in [9.17, 15) is 13.2 Å². The summed E-state index contributed by atoms with van der Waals surface area (Å²) in [5.41, 5.74) is -0.521. The number of H-pyrrole nitrogens is 1. The lowest BCUT2D eigenvalue weighted by Crippen LogP contribution is -2.30. The zero-order valence-corrected chi connectivity index (χ0v) is 11.7. The maximum atomic E-state index is 12.1. The van der Waals surface area contributed by atoms with Gasteiger partial charge in [-0.2, -0.15) is 4.31 Å². The maximum absolute atomic E-state index is 12.1. The van der Waals surface area contributed by atoms with E-state index in [4.69, 9.17) is 16.3 Å². The number of nitrogens with one attached hydrogen (secondary N) is 1. The Kier molecular flexibility index (Phi) is 5.33. The van der Waals surface area contributed by atoms with Gasteiger partial charge in [0.05, 0.1) is 11.5 Å². The van der Waals surface area contributed by atoms with Crippen molar-refractivity contribution in [1.82, 2.24) is 9.29 Å². The van der Waals surface area contributed by atoms with Gasteiger partial charge in [-0.25, -0.2) is 8.42 Å². The molecule has 102 valence electrons. The van der Waals surface area contributed by atoms with E-state index in [2.05, 4.69) is 4.98 Å². The van der Waals surface area contributed by atoms with Crippen molar-refractivity contribution < 1.29 is 13.2 Å². The molecule has 8 heteroatoms. The van der Waals surface area contributed by atoms with Crippen LogP contribution in [0.15, 0.2) is 22.0 Å². The highest BCUT2D eigenvalue weighted by Gasteiger charge is 2.21. The molecule has 1 aromatic rings. The lowest BCUT2D eigenvalue weighted by Gasteiger charge is -2.16. The van der Waals surface area contributed by atoms with Gasteiger partial charge in [-0.3, -0.25) is 4.79 Å². The highest BCUT2D eigenvalue weighted by molar-refractivity contribution is 7.89. The quantitative estimate of drug-likeness (QED) is 0.783. The van der Waals surface area contributed by atoms with Gasteiger partial charge in [-0.1, -0.05) is 11.6 Å². The highest BCUT2D eigenvalue weighted by Crippen LogP contribution is 2.14. The summed E-state index contributed by atoms with van der Waals surface area (Å²) >= 11 is 5.60. The van der Waals surface area contributed by atoms with Gasteiger partial charge in [0.25, 0.3) is 5.56 Å². The van der Waals surface area contributed by atoms with E-state index in [1.807, 2.05) is 6.92 Å². The molecule has 18 heavy (non-hydrogen) atoms. The molecule has 1 aromatic heterocycles. The zero-order valence-electron chi connectivity index (χ0n) is 10.1. The van der Waals surface area contributed by atoms with Gasteiger partial charge < -0.3 is 9.72 Å². The van der Waals surface area contributed by atoms with Crippen molar-refractivity contribution in [3.63, 3.8) is 0 Å². The largest absolute Gasteiger partial charge is 0.380 e. The molecule has 0 radical (unpaired) electrons. The molecule has 0 bridgehead atoms. The van der Waals surface area contributed by atoms with Crippen LogP contribution in [0.25, 0.3) is 0 Å². The Labute approximate surface area is 111 Å². The Hall–Kier alpha value is -0.890. The molecule has 0 aliphatic carbocycles. The number of hydrogen-bond donors (Lipinski definition) is 1. The molecule has 0 fully saturated rings. The number of aromatic amines is 1. The minimum Gasteiger partial charge on any atom is -0.380 e. The molecule has 0 saturated carbocycles. The molecule has 0 aliphatic heterocycles. The predicted molar refractivity (Wildman–Crippen MR) is 68.4 cm³/mol. The number of hydrogen-bond acceptors (Lipinski definition) is 4. The Bertz CT molecular complexity index is 555. The second kappa shape index (κ2) is 6.33. The summed E-state index contributed by atoms with van der Waals surface area (Å²) in [5, 5.41) is -0.158. The van der Waals surface area contributed by atoms with Gasteiger partial charge in [-0.05, 0) is 13.0 Å². The molecule has 6 nitrogen and oxygen atoms in total. The van der Waals surface area contributed by atoms with E-state index in [-0.39, 0.29) is 16.5 Å². The van der Waals surface area contributed by atoms with Crippen LogP contribution in [0.2, 0.25) is 5.02 Å². The Balaban J connectivity index is 2.91. The molecule has 0 amide bonds. The van der Waals surface area contributed by atoms with Crippen molar-refractivity contribution in [2.24, 2.45) is 0 Å². The first-order chi connectivity index (χ1) is 8.39. The fourth-order valence-electron chi connectivity index (χ4n) is 1.22. The number of rotatable bonds is 6. The first kappa shape index (κ1) is 15.2. The fourth-order valence-corrected chi connectivity index (χ4v) is 2.61. The third-order valence-corrected chi connectivity index (χ3v) is 4.41. The average molecular weight is 295 g/mol. The van der Waals surface area contributed by atoms with Crippen LogP contribution in [0.4, 0.5) is 0 Å². The smallest absolute Gasteiger partial charge is 0.266 e. The maximum Gasteiger partial charge on any atom is 0.266 e. The fraction of sp³-hybridized carbons (Fsp3) is 0.500. The molecule has 0 aliphatic rings. The van der Waals surface area contributed by atoms with Crippen LogP contribution < -0.4 is 5.56 Å². The predicted octanol–water partition coefficient (Wildman–Crippen LogP) is 0.685. The van der Waals surface area contributed by atoms with Crippen molar-refractivity contribution in [2.45, 2.75) is 11.8 Å². The van der Waals surface area contributed by atoms with Crippen molar-refractivity contribution in [3.05, 3.63) is 27.6 Å². The van der Waals surface area contributed by atoms with Crippen molar-refractivity contribution in [3.8, 4) is 0 Å². The van der Waals surface area contributed by atoms with Crippen molar-refractivity contribution in [1.29, 1.82) is 0 Å². The molecule has 0 spiro atoms. The van der Waals surface area contributed by atoms with Crippen LogP contribution in [-0.4, -0.2) is 44.5 Å². The summed E-state index contributed by atoms with van der Waals surface area (Å²) in [6.45, 7) is 2.89. The summed E-state index contributed by atoms with van der Waals surface area (Å²) in [5.74, 6) is 0. The second-order valence-electron chi connectivity index (χ2n) is 3.54. The van der Waals surface area contributed by atoms with Crippen LogP contribution >= 0.6 is 11.6 Å². The Morgan fingerprint density at radius 3 is 2.72 bits per heavy atom. The number of likely N-dealkylation sites (N-methyl/N-ethyl adjacent to an activating group) is 1. The average Bonchev–Trinajstić information content (AvgIpc) is 2.32. The number of sulfonamides is 1. The highest BCUT2D eigenvalue weighted by atomic mass is 35.5. The topological polar surface area (TPSA) is 79.5 Å². The van der Waals surface area contributed by atoms with E-state index in [1.54, 1.807) is 0 Å². The van der Waals surface area contributed by atoms with Crippen LogP contribution in [-0.2, 0) is 14.8 Å². The molecular formula is C10H15ClN2O4S. The minimum absolute atomic E-state index is 0.0499. The number of nitrogens with zero attached hydrogens (tertiary/aromatic N) is 1. The third-order valence-electron chi connectivity index (χ3n) is 2.29. The lowest BCUT2D eigenvalue weighted by molar-refractivity contribution is 0.138. The normalized spacial score (nSPS) is 12.0. The second-order valence-corrected chi connectivity index (χ2v) is 5.99. The number of aromatic nitrogens is 1. The molecule has 0 aromatic carbocycles. The molecule has 0 unspecified atom stereocenters. The van der Waals surface area contributed by atoms with Crippen LogP contribution in [0, 0.1) is 0 Å². The Morgan fingerprint density at radius 2 is 2.17 bits per heavy atom. The monoisotopic (exact) mass is 294 g/mol. The summed E-state index contributed by atoms with van der Waals surface area (Å²) in [7, 11) is -2.22. The zero-order chi connectivity index (χ0) is 13.8. The van der Waals surface area contributed by atoms with Gasteiger partial charge in [0, 0.05) is 26.4 Å². The molecular weight excluding hydrogens is 280 g/mol. The Morgan fingerprint density at radius 1 is 1.50 bits per heavy atom. The van der Waals surface area contributed by atoms with Gasteiger partial charge in [0.1, 0.15) is 5.02 Å². The van der Waals surface area contributed by atoms with E-state index >= 15 is 0 Å². The van der Waals surface area contributed by atoms with Crippen LogP contribution in [0.3, 0.4) is 0 Å².